The van der Waals surface area contributed by atoms with E-state index in [1.54, 1.807) is 24.4 Å². The highest BCUT2D eigenvalue weighted by molar-refractivity contribution is 5.77. The number of hydrogen-bond donors (Lipinski definition) is 0. The minimum absolute atomic E-state index is 0.0521. The molecule has 35 heavy (non-hydrogen) atoms. The van der Waals surface area contributed by atoms with Crippen molar-refractivity contribution in [1.82, 2.24) is 14.3 Å². The number of hydrogen-bond acceptors (Lipinski definition) is 3. The number of alkyl halides is 3. The van der Waals surface area contributed by atoms with E-state index in [1.165, 1.54) is 6.07 Å². The molecule has 1 aliphatic rings. The fourth-order valence-electron chi connectivity index (χ4n) is 4.40. The third-order valence-electron chi connectivity index (χ3n) is 6.23. The van der Waals surface area contributed by atoms with Crippen LogP contribution in [-0.4, -0.2) is 46.5 Å². The maximum Gasteiger partial charge on any atom is 0.416 e. The summed E-state index contributed by atoms with van der Waals surface area (Å²) in [6, 6.07) is 18.6. The van der Waals surface area contributed by atoms with Crippen molar-refractivity contribution in [3.8, 4) is 22.4 Å². The number of amides is 1. The van der Waals surface area contributed by atoms with Crippen LogP contribution in [0.4, 0.5) is 13.2 Å². The second-order valence-electron chi connectivity index (χ2n) is 8.49. The molecule has 1 aliphatic heterocycles. The SMILES string of the molecule is O=C(CCc1c(-c2ccccc2)nc2ccc(-c3cccc(C(F)(F)F)c3)cn12)N1CCOCC1. The average molecular weight is 480 g/mol. The molecule has 2 aromatic heterocycles. The summed E-state index contributed by atoms with van der Waals surface area (Å²) in [5.74, 6) is 0.0521. The number of pyridine rings is 1. The van der Waals surface area contributed by atoms with E-state index >= 15 is 0 Å². The Morgan fingerprint density at radius 1 is 0.914 bits per heavy atom. The van der Waals surface area contributed by atoms with E-state index in [1.807, 2.05) is 39.6 Å². The number of nitrogens with zero attached hydrogens (tertiary/aromatic N) is 3. The van der Waals surface area contributed by atoms with Crippen molar-refractivity contribution in [1.29, 1.82) is 0 Å². The fourth-order valence-corrected chi connectivity index (χ4v) is 4.40. The van der Waals surface area contributed by atoms with Crippen molar-refractivity contribution in [2.45, 2.75) is 19.0 Å². The first-order chi connectivity index (χ1) is 16.9. The first-order valence-electron chi connectivity index (χ1n) is 11.5. The van der Waals surface area contributed by atoms with Gasteiger partial charge < -0.3 is 14.0 Å². The molecule has 4 aromatic rings. The Kier molecular flexibility index (Phi) is 6.30. The van der Waals surface area contributed by atoms with Crippen molar-refractivity contribution in [3.63, 3.8) is 0 Å². The molecule has 8 heteroatoms. The van der Waals surface area contributed by atoms with Gasteiger partial charge in [-0.3, -0.25) is 4.79 Å². The van der Waals surface area contributed by atoms with Crippen molar-refractivity contribution in [2.75, 3.05) is 26.3 Å². The monoisotopic (exact) mass is 479 g/mol. The normalized spacial score (nSPS) is 14.4. The van der Waals surface area contributed by atoms with Crippen LogP contribution in [0.15, 0.2) is 72.9 Å². The lowest BCUT2D eigenvalue weighted by atomic mass is 10.0. The average Bonchev–Trinajstić information content (AvgIpc) is 3.25. The predicted molar refractivity (Wildman–Crippen MR) is 127 cm³/mol. The van der Waals surface area contributed by atoms with Gasteiger partial charge >= 0.3 is 6.18 Å². The molecule has 0 spiro atoms. The molecule has 1 amide bonds. The molecule has 0 bridgehead atoms. The standard InChI is InChI=1S/C27H24F3N3O2/c28-27(29,30)22-8-4-7-20(17-22)21-9-11-24-31-26(19-5-2-1-3-6-19)23(33(24)18-21)10-12-25(34)32-13-15-35-16-14-32/h1-9,11,17-18H,10,12-16H2. The molecule has 5 rings (SSSR count). The van der Waals surface area contributed by atoms with Gasteiger partial charge in [0.25, 0.3) is 0 Å². The minimum Gasteiger partial charge on any atom is -0.378 e. The number of benzene rings is 2. The van der Waals surface area contributed by atoms with Crippen LogP contribution in [-0.2, 0) is 22.1 Å². The van der Waals surface area contributed by atoms with E-state index in [4.69, 9.17) is 9.72 Å². The summed E-state index contributed by atoms with van der Waals surface area (Å²) in [5, 5.41) is 0. The van der Waals surface area contributed by atoms with E-state index in [0.717, 1.165) is 29.1 Å². The van der Waals surface area contributed by atoms with E-state index in [9.17, 15) is 18.0 Å². The molecule has 3 heterocycles. The third-order valence-corrected chi connectivity index (χ3v) is 6.23. The smallest absolute Gasteiger partial charge is 0.378 e. The zero-order valence-electron chi connectivity index (χ0n) is 19.0. The second kappa shape index (κ2) is 9.54. The number of aryl methyl sites for hydroxylation is 1. The van der Waals surface area contributed by atoms with Crippen molar-refractivity contribution in [2.24, 2.45) is 0 Å². The Hall–Kier alpha value is -3.65. The third kappa shape index (κ3) is 4.93. The number of aromatic nitrogens is 2. The van der Waals surface area contributed by atoms with Gasteiger partial charge in [-0.15, -0.1) is 0 Å². The van der Waals surface area contributed by atoms with Gasteiger partial charge in [0, 0.05) is 31.3 Å². The molecule has 0 radical (unpaired) electrons. The van der Waals surface area contributed by atoms with Gasteiger partial charge in [0.15, 0.2) is 0 Å². The summed E-state index contributed by atoms with van der Waals surface area (Å²) in [5.41, 5.74) is 3.62. The molecule has 0 unspecified atom stereocenters. The molecule has 1 saturated heterocycles. The molecular formula is C27H24F3N3O2. The molecular weight excluding hydrogens is 455 g/mol. The summed E-state index contributed by atoms with van der Waals surface area (Å²) < 4.78 is 47.0. The van der Waals surface area contributed by atoms with Crippen LogP contribution in [0.1, 0.15) is 17.7 Å². The highest BCUT2D eigenvalue weighted by atomic mass is 19.4. The molecule has 0 saturated carbocycles. The first-order valence-corrected chi connectivity index (χ1v) is 11.5. The minimum atomic E-state index is -4.42. The van der Waals surface area contributed by atoms with Gasteiger partial charge in [0.1, 0.15) is 5.65 Å². The van der Waals surface area contributed by atoms with Gasteiger partial charge in [0.05, 0.1) is 30.2 Å². The Bertz CT molecular complexity index is 1340. The number of morpholine rings is 1. The van der Waals surface area contributed by atoms with Crippen molar-refractivity contribution in [3.05, 3.63) is 84.2 Å². The summed E-state index contributed by atoms with van der Waals surface area (Å²) in [7, 11) is 0. The van der Waals surface area contributed by atoms with E-state index in [0.29, 0.717) is 55.9 Å². The summed E-state index contributed by atoms with van der Waals surface area (Å²) in [6.07, 6.45) is -1.85. The lowest BCUT2D eigenvalue weighted by Crippen LogP contribution is -2.40. The van der Waals surface area contributed by atoms with Crippen LogP contribution < -0.4 is 0 Å². The maximum absolute atomic E-state index is 13.3. The van der Waals surface area contributed by atoms with Crippen LogP contribution in [0.25, 0.3) is 28.0 Å². The van der Waals surface area contributed by atoms with Crippen LogP contribution >= 0.6 is 0 Å². The Balaban J connectivity index is 1.54. The Morgan fingerprint density at radius 2 is 1.66 bits per heavy atom. The van der Waals surface area contributed by atoms with E-state index < -0.39 is 11.7 Å². The summed E-state index contributed by atoms with van der Waals surface area (Å²) in [6.45, 7) is 2.24. The largest absolute Gasteiger partial charge is 0.416 e. The van der Waals surface area contributed by atoms with Gasteiger partial charge in [-0.1, -0.05) is 42.5 Å². The predicted octanol–water partition coefficient (Wildman–Crippen LogP) is 5.48. The molecule has 0 N–H and O–H groups in total. The first kappa shape index (κ1) is 23.1. The fraction of sp³-hybridized carbons (Fsp3) is 0.259. The zero-order valence-corrected chi connectivity index (χ0v) is 19.0. The zero-order chi connectivity index (χ0) is 24.4. The van der Waals surface area contributed by atoms with Crippen LogP contribution in [0, 0.1) is 0 Å². The second-order valence-corrected chi connectivity index (χ2v) is 8.49. The van der Waals surface area contributed by atoms with Gasteiger partial charge in [0.2, 0.25) is 5.91 Å². The van der Waals surface area contributed by atoms with Crippen molar-refractivity contribution >= 4 is 11.6 Å². The summed E-state index contributed by atoms with van der Waals surface area (Å²) in [4.78, 5) is 19.4. The van der Waals surface area contributed by atoms with Crippen LogP contribution in [0.2, 0.25) is 0 Å². The Morgan fingerprint density at radius 3 is 2.40 bits per heavy atom. The highest BCUT2D eigenvalue weighted by Crippen LogP contribution is 2.33. The molecule has 5 nitrogen and oxygen atoms in total. The number of carbonyl (C=O) groups is 1. The quantitative estimate of drug-likeness (QED) is 0.381. The van der Waals surface area contributed by atoms with Crippen molar-refractivity contribution < 1.29 is 22.7 Å². The topological polar surface area (TPSA) is 46.8 Å². The van der Waals surface area contributed by atoms with E-state index in [-0.39, 0.29) is 5.91 Å². The van der Waals surface area contributed by atoms with Gasteiger partial charge in [-0.05, 0) is 41.8 Å². The van der Waals surface area contributed by atoms with Gasteiger partial charge in [-0.2, -0.15) is 13.2 Å². The molecule has 2 aromatic carbocycles. The number of carbonyl (C=O) groups excluding carboxylic acids is 1. The van der Waals surface area contributed by atoms with E-state index in [2.05, 4.69) is 0 Å². The highest BCUT2D eigenvalue weighted by Gasteiger charge is 2.30. The molecule has 0 atom stereocenters. The Labute approximate surface area is 200 Å². The maximum atomic E-state index is 13.3. The van der Waals surface area contributed by atoms with Crippen LogP contribution in [0.3, 0.4) is 0 Å². The lowest BCUT2D eigenvalue weighted by molar-refractivity contribution is -0.137. The number of rotatable bonds is 5. The number of fused-ring (bicyclic) bond motifs is 1. The summed E-state index contributed by atoms with van der Waals surface area (Å²) >= 11 is 0. The van der Waals surface area contributed by atoms with Gasteiger partial charge in [-0.25, -0.2) is 4.98 Å². The number of ether oxygens (including phenoxy) is 1. The molecule has 1 fully saturated rings. The molecule has 0 aliphatic carbocycles. The van der Waals surface area contributed by atoms with Crippen LogP contribution in [0.5, 0.6) is 0 Å². The lowest BCUT2D eigenvalue weighted by Gasteiger charge is -2.26. The molecule has 180 valence electrons. The number of imidazole rings is 1. The number of halogens is 3.